The van der Waals surface area contributed by atoms with Gasteiger partial charge in [0, 0.05) is 32.0 Å². The second kappa shape index (κ2) is 8.45. The summed E-state index contributed by atoms with van der Waals surface area (Å²) in [6.07, 6.45) is 0.191. The maximum atomic E-state index is 13.4. The van der Waals surface area contributed by atoms with Crippen molar-refractivity contribution in [1.82, 2.24) is 14.5 Å². The van der Waals surface area contributed by atoms with Crippen molar-refractivity contribution >= 4 is 11.7 Å². The first-order chi connectivity index (χ1) is 15.3. The molecule has 1 aliphatic carbocycles. The van der Waals surface area contributed by atoms with Gasteiger partial charge in [-0.25, -0.2) is 9.97 Å². The van der Waals surface area contributed by atoms with Gasteiger partial charge in [0.2, 0.25) is 5.88 Å². The Hall–Kier alpha value is -3.68. The number of aryl methyl sites for hydroxylation is 2. The molecule has 0 aliphatic heterocycles. The quantitative estimate of drug-likeness (QED) is 0.617. The minimum Gasteiger partial charge on any atom is -0.481 e. The highest BCUT2D eigenvalue weighted by Gasteiger charge is 2.35. The van der Waals surface area contributed by atoms with E-state index in [0.29, 0.717) is 35.2 Å². The average Bonchev–Trinajstić information content (AvgIpc) is 3.10. The molecule has 0 fully saturated rings. The van der Waals surface area contributed by atoms with Gasteiger partial charge in [0.15, 0.2) is 0 Å². The van der Waals surface area contributed by atoms with E-state index in [9.17, 15) is 9.59 Å². The van der Waals surface area contributed by atoms with Gasteiger partial charge >= 0.3 is 5.97 Å². The third-order valence-corrected chi connectivity index (χ3v) is 5.78. The summed E-state index contributed by atoms with van der Waals surface area (Å²) in [5, 5.41) is 3.33. The summed E-state index contributed by atoms with van der Waals surface area (Å²) >= 11 is 0. The van der Waals surface area contributed by atoms with Crippen molar-refractivity contribution < 1.29 is 14.3 Å². The van der Waals surface area contributed by atoms with E-state index < -0.39 is 6.10 Å². The van der Waals surface area contributed by atoms with Crippen molar-refractivity contribution in [3.05, 3.63) is 69.3 Å². The zero-order valence-electron chi connectivity index (χ0n) is 18.8. The van der Waals surface area contributed by atoms with E-state index in [2.05, 4.69) is 10.3 Å². The van der Waals surface area contributed by atoms with E-state index in [4.69, 9.17) is 14.5 Å². The van der Waals surface area contributed by atoms with Crippen molar-refractivity contribution in [3.8, 4) is 17.3 Å². The number of fused-ring (bicyclic) bond motifs is 1. The average molecular weight is 434 g/mol. The molecule has 0 radical (unpaired) electrons. The van der Waals surface area contributed by atoms with E-state index in [-0.39, 0.29) is 17.6 Å². The zero-order chi connectivity index (χ0) is 23.0. The minimum absolute atomic E-state index is 0.214. The molecule has 0 bridgehead atoms. The third-order valence-electron chi connectivity index (χ3n) is 5.78. The fourth-order valence-corrected chi connectivity index (χ4v) is 4.21. The number of hydrogen-bond acceptors (Lipinski definition) is 7. The molecule has 0 unspecified atom stereocenters. The highest BCUT2D eigenvalue weighted by molar-refractivity contribution is 5.67. The lowest BCUT2D eigenvalue weighted by Crippen LogP contribution is -2.31. The van der Waals surface area contributed by atoms with Gasteiger partial charge in [-0.15, -0.1) is 0 Å². The van der Waals surface area contributed by atoms with Crippen LogP contribution in [0, 0.1) is 13.8 Å². The summed E-state index contributed by atoms with van der Waals surface area (Å²) in [7, 11) is 3.25. The molecule has 8 heteroatoms. The summed E-state index contributed by atoms with van der Waals surface area (Å²) in [4.78, 5) is 34.1. The van der Waals surface area contributed by atoms with Crippen LogP contribution >= 0.6 is 0 Å². The Kier molecular flexibility index (Phi) is 5.69. The van der Waals surface area contributed by atoms with Crippen LogP contribution < -0.4 is 15.6 Å². The molecule has 8 nitrogen and oxygen atoms in total. The highest BCUT2D eigenvalue weighted by Crippen LogP contribution is 2.36. The Morgan fingerprint density at radius 2 is 1.88 bits per heavy atom. The molecular weight excluding hydrogens is 408 g/mol. The lowest BCUT2D eigenvalue weighted by Gasteiger charge is -2.24. The molecule has 1 aromatic carbocycles. The molecule has 0 saturated carbocycles. The Bertz CT molecular complexity index is 1250. The fraction of sp³-hybridized carbons (Fsp3) is 0.333. The lowest BCUT2D eigenvalue weighted by molar-refractivity contribution is -0.146. The molecule has 3 aromatic rings. The second-order valence-corrected chi connectivity index (χ2v) is 7.92. The highest BCUT2D eigenvalue weighted by atomic mass is 16.5. The molecule has 32 heavy (non-hydrogen) atoms. The Balaban J connectivity index is 1.74. The van der Waals surface area contributed by atoms with Gasteiger partial charge in [0.05, 0.1) is 24.5 Å². The van der Waals surface area contributed by atoms with Crippen LogP contribution in [-0.4, -0.2) is 33.7 Å². The summed E-state index contributed by atoms with van der Waals surface area (Å²) < 4.78 is 12.3. The number of rotatable bonds is 5. The Labute approximate surface area is 186 Å². The van der Waals surface area contributed by atoms with E-state index >= 15 is 0 Å². The number of carbonyl (C=O) groups excluding carboxylic acids is 1. The minimum atomic E-state index is -0.401. The van der Waals surface area contributed by atoms with Crippen molar-refractivity contribution in [2.45, 2.75) is 39.3 Å². The van der Waals surface area contributed by atoms with Crippen molar-refractivity contribution in [1.29, 1.82) is 0 Å². The molecule has 4 rings (SSSR count). The third kappa shape index (κ3) is 3.84. The SMILES string of the molecule is COc1ccc(-c2nc(C)c(N[C@H]3c4ccccc4C[C@@H]3OC(C)=O)c(=O)n2C)c(C)n1. The van der Waals surface area contributed by atoms with Crippen LogP contribution in [0.3, 0.4) is 0 Å². The van der Waals surface area contributed by atoms with Gasteiger partial charge < -0.3 is 14.8 Å². The molecule has 0 spiro atoms. The van der Waals surface area contributed by atoms with Crippen molar-refractivity contribution in [3.63, 3.8) is 0 Å². The number of pyridine rings is 1. The Morgan fingerprint density at radius 1 is 1.12 bits per heavy atom. The van der Waals surface area contributed by atoms with Gasteiger partial charge in [0.1, 0.15) is 17.6 Å². The summed E-state index contributed by atoms with van der Waals surface area (Å²) in [6, 6.07) is 11.2. The van der Waals surface area contributed by atoms with Crippen LogP contribution in [0.4, 0.5) is 5.69 Å². The van der Waals surface area contributed by atoms with Gasteiger partial charge in [0.25, 0.3) is 5.56 Å². The van der Waals surface area contributed by atoms with E-state index in [1.54, 1.807) is 27.1 Å². The first kappa shape index (κ1) is 21.5. The fourth-order valence-electron chi connectivity index (χ4n) is 4.21. The van der Waals surface area contributed by atoms with E-state index in [0.717, 1.165) is 16.7 Å². The maximum absolute atomic E-state index is 13.4. The van der Waals surface area contributed by atoms with E-state index in [1.165, 1.54) is 11.5 Å². The normalized spacial score (nSPS) is 17.0. The summed E-state index contributed by atoms with van der Waals surface area (Å²) in [6.45, 7) is 5.04. The van der Waals surface area contributed by atoms with Crippen LogP contribution in [0.5, 0.6) is 5.88 Å². The largest absolute Gasteiger partial charge is 0.481 e. The van der Waals surface area contributed by atoms with Crippen LogP contribution in [0.1, 0.15) is 35.5 Å². The first-order valence-corrected chi connectivity index (χ1v) is 10.4. The number of hydrogen-bond donors (Lipinski definition) is 1. The van der Waals surface area contributed by atoms with Crippen molar-refractivity contribution in [2.75, 3.05) is 12.4 Å². The zero-order valence-corrected chi connectivity index (χ0v) is 18.8. The number of ether oxygens (including phenoxy) is 2. The topological polar surface area (TPSA) is 95.3 Å². The number of anilines is 1. The number of methoxy groups -OCH3 is 1. The van der Waals surface area contributed by atoms with Gasteiger partial charge in [-0.3, -0.25) is 14.2 Å². The van der Waals surface area contributed by atoms with Crippen LogP contribution in [0.25, 0.3) is 11.4 Å². The van der Waals surface area contributed by atoms with Gasteiger partial charge in [-0.05, 0) is 31.0 Å². The molecular formula is C24H26N4O4. The number of aromatic nitrogens is 3. The number of esters is 1. The maximum Gasteiger partial charge on any atom is 0.302 e. The monoisotopic (exact) mass is 434 g/mol. The van der Waals surface area contributed by atoms with Crippen molar-refractivity contribution in [2.24, 2.45) is 7.05 Å². The molecule has 1 aliphatic rings. The van der Waals surface area contributed by atoms with Gasteiger partial charge in [-0.2, -0.15) is 0 Å². The molecule has 2 atom stereocenters. The van der Waals surface area contributed by atoms with E-state index in [1.807, 2.05) is 37.3 Å². The van der Waals surface area contributed by atoms with Gasteiger partial charge in [-0.1, -0.05) is 24.3 Å². The molecule has 166 valence electrons. The number of benzene rings is 1. The number of nitrogens with one attached hydrogen (secondary N) is 1. The molecule has 1 N–H and O–H groups in total. The first-order valence-electron chi connectivity index (χ1n) is 10.4. The summed E-state index contributed by atoms with van der Waals surface area (Å²) in [5.41, 5.74) is 4.30. The standard InChI is InChI=1S/C24H26N4O4/c1-13-17(10-11-20(25-13)31-5)23-26-14(2)21(24(30)28(23)4)27-22-18-9-7-6-8-16(18)12-19(22)32-15(3)29/h6-11,19,22,27H,12H2,1-5H3/t19-,22-/m0/s1. The van der Waals surface area contributed by atoms with Crippen LogP contribution in [0.15, 0.2) is 41.2 Å². The summed E-state index contributed by atoms with van der Waals surface area (Å²) in [5.74, 6) is 0.673. The Morgan fingerprint density at radius 3 is 2.56 bits per heavy atom. The molecule has 2 heterocycles. The lowest BCUT2D eigenvalue weighted by atomic mass is 10.1. The molecule has 0 saturated heterocycles. The number of nitrogens with zero attached hydrogens (tertiary/aromatic N) is 3. The second-order valence-electron chi connectivity index (χ2n) is 7.92. The number of carbonyl (C=O) groups is 1. The van der Waals surface area contributed by atoms with Crippen LogP contribution in [0.2, 0.25) is 0 Å². The molecule has 0 amide bonds. The molecule has 2 aromatic heterocycles. The smallest absolute Gasteiger partial charge is 0.302 e. The predicted molar refractivity (Wildman–Crippen MR) is 121 cm³/mol. The predicted octanol–water partition coefficient (Wildman–Crippen LogP) is 3.11. The van der Waals surface area contributed by atoms with Crippen LogP contribution in [-0.2, 0) is 23.0 Å².